The van der Waals surface area contributed by atoms with Crippen LogP contribution >= 0.6 is 0 Å². The summed E-state index contributed by atoms with van der Waals surface area (Å²) in [6.45, 7) is 1.66. The van der Waals surface area contributed by atoms with Gasteiger partial charge in [0, 0.05) is 19.3 Å². The van der Waals surface area contributed by atoms with Crippen molar-refractivity contribution in [2.45, 2.75) is 31.8 Å². The minimum Gasteiger partial charge on any atom is -0.340 e. The third-order valence-corrected chi connectivity index (χ3v) is 4.41. The van der Waals surface area contributed by atoms with Crippen molar-refractivity contribution in [1.82, 2.24) is 25.0 Å². The molecule has 0 saturated carbocycles. The Kier molecular flexibility index (Phi) is 3.60. The minimum atomic E-state index is -0.335. The molecule has 0 aliphatic heterocycles. The van der Waals surface area contributed by atoms with Gasteiger partial charge < -0.3 is 14.4 Å². The average molecular weight is 323 g/mol. The molecule has 0 saturated heterocycles. The Balaban J connectivity index is 1.68. The summed E-state index contributed by atoms with van der Waals surface area (Å²) in [5.74, 6) is 0.0916. The van der Waals surface area contributed by atoms with Crippen LogP contribution in [0.1, 0.15) is 46.1 Å². The summed E-state index contributed by atoms with van der Waals surface area (Å²) in [5.41, 5.74) is 2.37. The van der Waals surface area contributed by atoms with Crippen molar-refractivity contribution in [2.75, 3.05) is 0 Å². The van der Waals surface area contributed by atoms with Crippen molar-refractivity contribution in [3.63, 3.8) is 0 Å². The first-order valence-electron chi connectivity index (χ1n) is 7.89. The molecule has 0 bridgehead atoms. The van der Waals surface area contributed by atoms with Crippen LogP contribution in [-0.2, 0) is 6.42 Å². The monoisotopic (exact) mass is 323 g/mol. The van der Waals surface area contributed by atoms with Gasteiger partial charge in [0.05, 0.1) is 18.4 Å². The summed E-state index contributed by atoms with van der Waals surface area (Å²) in [6, 6.07) is 8.11. The molecule has 0 fully saturated rings. The van der Waals surface area contributed by atoms with E-state index in [4.69, 9.17) is 4.52 Å². The van der Waals surface area contributed by atoms with E-state index in [1.807, 2.05) is 22.9 Å². The Morgan fingerprint density at radius 1 is 1.38 bits per heavy atom. The number of aryl methyl sites for hydroxylation is 2. The van der Waals surface area contributed by atoms with E-state index in [0.717, 1.165) is 18.4 Å². The molecule has 2 aromatic heterocycles. The van der Waals surface area contributed by atoms with Crippen LogP contribution in [0.25, 0.3) is 0 Å². The number of nitrogens with zero attached hydrogens (tertiary/aromatic N) is 4. The molecular weight excluding hydrogens is 306 g/mol. The second kappa shape index (κ2) is 5.92. The van der Waals surface area contributed by atoms with Gasteiger partial charge in [0.1, 0.15) is 0 Å². The van der Waals surface area contributed by atoms with Gasteiger partial charge in [-0.1, -0.05) is 29.4 Å². The Morgan fingerprint density at radius 3 is 3.00 bits per heavy atom. The van der Waals surface area contributed by atoms with E-state index < -0.39 is 0 Å². The fraction of sp³-hybridized carbons (Fsp3) is 0.294. The van der Waals surface area contributed by atoms with Gasteiger partial charge >= 0.3 is 0 Å². The highest BCUT2D eigenvalue weighted by Crippen LogP contribution is 2.37. The lowest BCUT2D eigenvalue weighted by Crippen LogP contribution is -2.37. The molecule has 7 heteroatoms. The lowest BCUT2D eigenvalue weighted by Gasteiger charge is -2.34. The van der Waals surface area contributed by atoms with E-state index in [1.54, 1.807) is 19.4 Å². The number of rotatable bonds is 3. The zero-order chi connectivity index (χ0) is 16.5. The summed E-state index contributed by atoms with van der Waals surface area (Å²) in [4.78, 5) is 20.7. The number of amides is 1. The Morgan fingerprint density at radius 2 is 2.25 bits per heavy atom. The minimum absolute atomic E-state index is 0.0555. The second-order valence-corrected chi connectivity index (χ2v) is 5.90. The van der Waals surface area contributed by atoms with Crippen molar-refractivity contribution in [3.05, 3.63) is 65.8 Å². The topological polar surface area (TPSA) is 85.8 Å². The average Bonchev–Trinajstić information content (AvgIpc) is 3.27. The van der Waals surface area contributed by atoms with Crippen LogP contribution in [0.2, 0.25) is 0 Å². The number of hydrogen-bond acceptors (Lipinski definition) is 5. The molecule has 3 aromatic rings. The quantitative estimate of drug-likeness (QED) is 0.799. The standard InChI is InChI=1S/C17H17N5O2/c1-11-19-16(21-24-11)17(23)20-15-13-5-3-2-4-12(13)6-7-14(15)22-9-8-18-10-22/h2-5,8-10,14-15H,6-7H2,1H3,(H,20,23)/t14-,15+/m1/s1. The molecular formula is C17H17N5O2. The number of nitrogens with one attached hydrogen (secondary N) is 1. The van der Waals surface area contributed by atoms with Crippen LogP contribution in [0, 0.1) is 6.92 Å². The van der Waals surface area contributed by atoms with Crippen LogP contribution in [0.5, 0.6) is 0 Å². The first-order chi connectivity index (χ1) is 11.7. The van der Waals surface area contributed by atoms with Crippen molar-refractivity contribution in [2.24, 2.45) is 0 Å². The number of imidazole rings is 1. The highest BCUT2D eigenvalue weighted by molar-refractivity contribution is 5.90. The largest absolute Gasteiger partial charge is 0.340 e. The summed E-state index contributed by atoms with van der Waals surface area (Å²) in [5, 5.41) is 6.78. The number of benzene rings is 1. The van der Waals surface area contributed by atoms with E-state index in [1.165, 1.54) is 5.56 Å². The Hall–Kier alpha value is -2.96. The summed E-state index contributed by atoms with van der Waals surface area (Å²) in [6.07, 6.45) is 7.35. The van der Waals surface area contributed by atoms with Gasteiger partial charge in [0.2, 0.25) is 5.89 Å². The SMILES string of the molecule is Cc1nc(C(=O)N[C@H]2c3ccccc3CC[C@H]2n2ccnc2)no1. The Labute approximate surface area is 138 Å². The van der Waals surface area contributed by atoms with Gasteiger partial charge in [0.25, 0.3) is 11.7 Å². The number of hydrogen-bond donors (Lipinski definition) is 1. The molecule has 24 heavy (non-hydrogen) atoms. The molecule has 1 aromatic carbocycles. The summed E-state index contributed by atoms with van der Waals surface area (Å²) >= 11 is 0. The zero-order valence-electron chi connectivity index (χ0n) is 13.2. The maximum absolute atomic E-state index is 12.5. The van der Waals surface area contributed by atoms with Crippen LogP contribution in [0.15, 0.2) is 47.5 Å². The fourth-order valence-corrected chi connectivity index (χ4v) is 3.30. The number of aromatic nitrogens is 4. The van der Waals surface area contributed by atoms with Gasteiger partial charge in [-0.3, -0.25) is 4.79 Å². The fourth-order valence-electron chi connectivity index (χ4n) is 3.30. The molecule has 1 N–H and O–H groups in total. The number of carbonyl (C=O) groups is 1. The van der Waals surface area contributed by atoms with Gasteiger partial charge in [-0.2, -0.15) is 4.98 Å². The van der Waals surface area contributed by atoms with E-state index in [-0.39, 0.29) is 23.8 Å². The molecule has 0 radical (unpaired) electrons. The highest BCUT2D eigenvalue weighted by atomic mass is 16.5. The van der Waals surface area contributed by atoms with Crippen LogP contribution in [0.4, 0.5) is 0 Å². The third kappa shape index (κ3) is 2.58. The van der Waals surface area contributed by atoms with Crippen LogP contribution < -0.4 is 5.32 Å². The molecule has 4 rings (SSSR count). The molecule has 1 amide bonds. The van der Waals surface area contributed by atoms with E-state index in [0.29, 0.717) is 5.89 Å². The summed E-state index contributed by atoms with van der Waals surface area (Å²) < 4.78 is 6.95. The lowest BCUT2D eigenvalue weighted by atomic mass is 9.84. The molecule has 0 unspecified atom stereocenters. The van der Waals surface area contributed by atoms with E-state index in [2.05, 4.69) is 32.6 Å². The Bertz CT molecular complexity index is 856. The molecule has 2 heterocycles. The van der Waals surface area contributed by atoms with E-state index >= 15 is 0 Å². The maximum atomic E-state index is 12.5. The van der Waals surface area contributed by atoms with Gasteiger partial charge in [-0.25, -0.2) is 4.98 Å². The van der Waals surface area contributed by atoms with Crippen molar-refractivity contribution >= 4 is 5.91 Å². The summed E-state index contributed by atoms with van der Waals surface area (Å²) in [7, 11) is 0. The van der Waals surface area contributed by atoms with Crippen molar-refractivity contribution < 1.29 is 9.32 Å². The normalized spacial score (nSPS) is 19.7. The molecule has 122 valence electrons. The molecule has 2 atom stereocenters. The smallest absolute Gasteiger partial charge is 0.293 e. The maximum Gasteiger partial charge on any atom is 0.293 e. The van der Waals surface area contributed by atoms with Gasteiger partial charge in [-0.15, -0.1) is 0 Å². The zero-order valence-corrected chi connectivity index (χ0v) is 13.2. The molecule has 1 aliphatic rings. The predicted octanol–water partition coefficient (Wildman–Crippen LogP) is 2.23. The van der Waals surface area contributed by atoms with Crippen LogP contribution in [-0.4, -0.2) is 25.6 Å². The number of carbonyl (C=O) groups excluding carboxylic acids is 1. The lowest BCUT2D eigenvalue weighted by molar-refractivity contribution is 0.0904. The molecule has 7 nitrogen and oxygen atoms in total. The first kappa shape index (κ1) is 14.6. The van der Waals surface area contributed by atoms with E-state index in [9.17, 15) is 4.79 Å². The van der Waals surface area contributed by atoms with Gasteiger partial charge in [-0.05, 0) is 24.0 Å². The number of fused-ring (bicyclic) bond motifs is 1. The predicted molar refractivity (Wildman–Crippen MR) is 85.3 cm³/mol. The first-order valence-corrected chi connectivity index (χ1v) is 7.89. The molecule has 1 aliphatic carbocycles. The van der Waals surface area contributed by atoms with Gasteiger partial charge in [0.15, 0.2) is 0 Å². The third-order valence-electron chi connectivity index (χ3n) is 4.41. The van der Waals surface area contributed by atoms with Crippen molar-refractivity contribution in [3.8, 4) is 0 Å². The van der Waals surface area contributed by atoms with Crippen LogP contribution in [0.3, 0.4) is 0 Å². The molecule has 0 spiro atoms. The highest BCUT2D eigenvalue weighted by Gasteiger charge is 2.32. The second-order valence-electron chi connectivity index (χ2n) is 5.90. The van der Waals surface area contributed by atoms with Crippen molar-refractivity contribution in [1.29, 1.82) is 0 Å².